The lowest BCUT2D eigenvalue weighted by molar-refractivity contribution is -0.122. The maximum atomic E-state index is 11.8. The van der Waals surface area contributed by atoms with Crippen LogP contribution in [0.25, 0.3) is 0 Å². The summed E-state index contributed by atoms with van der Waals surface area (Å²) in [5, 5.41) is 5.63. The van der Waals surface area contributed by atoms with Gasteiger partial charge in [0.2, 0.25) is 5.91 Å². The van der Waals surface area contributed by atoms with E-state index in [9.17, 15) is 9.59 Å². The third-order valence-corrected chi connectivity index (χ3v) is 3.08. The van der Waals surface area contributed by atoms with Crippen LogP contribution in [0, 0.1) is 0 Å². The molecule has 0 aliphatic carbocycles. The molecule has 1 fully saturated rings. The molecule has 2 amide bonds. The molecule has 0 radical (unpaired) electrons. The fourth-order valence-electron chi connectivity index (χ4n) is 2.01. The van der Waals surface area contributed by atoms with E-state index in [1.165, 1.54) is 0 Å². The Kier molecular flexibility index (Phi) is 4.11. The van der Waals surface area contributed by atoms with Crippen molar-refractivity contribution in [1.29, 1.82) is 0 Å². The quantitative estimate of drug-likeness (QED) is 0.680. The van der Waals surface area contributed by atoms with Gasteiger partial charge in [-0.25, -0.2) is 0 Å². The molecule has 1 aromatic rings. The van der Waals surface area contributed by atoms with Crippen LogP contribution in [0.5, 0.6) is 0 Å². The van der Waals surface area contributed by atoms with Gasteiger partial charge in [-0.15, -0.1) is 0 Å². The van der Waals surface area contributed by atoms with Gasteiger partial charge in [-0.2, -0.15) is 0 Å². The number of nitrogens with one attached hydrogen (secondary N) is 3. The van der Waals surface area contributed by atoms with Crippen molar-refractivity contribution in [2.45, 2.75) is 13.0 Å². The van der Waals surface area contributed by atoms with Crippen molar-refractivity contribution in [3.8, 4) is 0 Å². The number of H-pyrrole nitrogens is 1. The first-order chi connectivity index (χ1) is 8.66. The van der Waals surface area contributed by atoms with Crippen LogP contribution < -0.4 is 10.6 Å². The van der Waals surface area contributed by atoms with E-state index in [0.717, 1.165) is 19.6 Å². The lowest BCUT2D eigenvalue weighted by Gasteiger charge is -2.33. The van der Waals surface area contributed by atoms with E-state index in [-0.39, 0.29) is 18.4 Å². The van der Waals surface area contributed by atoms with Crippen molar-refractivity contribution in [3.63, 3.8) is 0 Å². The van der Waals surface area contributed by atoms with Crippen LogP contribution in [0.4, 0.5) is 0 Å². The van der Waals surface area contributed by atoms with Crippen LogP contribution in [-0.4, -0.2) is 53.9 Å². The van der Waals surface area contributed by atoms with Crippen LogP contribution in [0.2, 0.25) is 0 Å². The zero-order valence-corrected chi connectivity index (χ0v) is 10.4. The molecule has 3 N–H and O–H groups in total. The van der Waals surface area contributed by atoms with Crippen molar-refractivity contribution in [2.75, 3.05) is 26.2 Å². The van der Waals surface area contributed by atoms with E-state index in [1.54, 1.807) is 18.3 Å². The zero-order valence-electron chi connectivity index (χ0n) is 10.4. The van der Waals surface area contributed by atoms with Gasteiger partial charge in [-0.05, 0) is 19.1 Å². The highest BCUT2D eigenvalue weighted by atomic mass is 16.2. The van der Waals surface area contributed by atoms with Crippen LogP contribution in [0.3, 0.4) is 0 Å². The number of amides is 2. The Morgan fingerprint density at radius 2 is 2.39 bits per heavy atom. The number of imide groups is 1. The molecule has 0 bridgehead atoms. The van der Waals surface area contributed by atoms with Gasteiger partial charge < -0.3 is 10.3 Å². The minimum atomic E-state index is -0.382. The van der Waals surface area contributed by atoms with Gasteiger partial charge in [-0.1, -0.05) is 0 Å². The molecule has 0 unspecified atom stereocenters. The zero-order chi connectivity index (χ0) is 13.0. The van der Waals surface area contributed by atoms with Crippen molar-refractivity contribution in [1.82, 2.24) is 20.5 Å². The molecule has 6 nitrogen and oxygen atoms in total. The Balaban J connectivity index is 1.83. The summed E-state index contributed by atoms with van der Waals surface area (Å²) in [6, 6.07) is 3.67. The number of aromatic amines is 1. The summed E-state index contributed by atoms with van der Waals surface area (Å²) in [6.07, 6.45) is 1.65. The SMILES string of the molecule is C[C@H]1CNCCN1CC(=O)NC(=O)c1ccc[nH]1. The van der Waals surface area contributed by atoms with E-state index < -0.39 is 0 Å². The number of carbonyl (C=O) groups excluding carboxylic acids is 2. The van der Waals surface area contributed by atoms with E-state index in [2.05, 4.69) is 27.4 Å². The topological polar surface area (TPSA) is 77.2 Å². The van der Waals surface area contributed by atoms with Gasteiger partial charge in [0.15, 0.2) is 0 Å². The van der Waals surface area contributed by atoms with Crippen molar-refractivity contribution >= 4 is 11.8 Å². The number of rotatable bonds is 3. The molecule has 2 heterocycles. The number of hydrogen-bond donors (Lipinski definition) is 3. The van der Waals surface area contributed by atoms with Crippen molar-refractivity contribution < 1.29 is 9.59 Å². The van der Waals surface area contributed by atoms with Crippen LogP contribution in [0.1, 0.15) is 17.4 Å². The lowest BCUT2D eigenvalue weighted by Crippen LogP contribution is -2.53. The molecule has 0 saturated carbocycles. The highest BCUT2D eigenvalue weighted by Gasteiger charge is 2.21. The summed E-state index contributed by atoms with van der Waals surface area (Å²) >= 11 is 0. The first kappa shape index (κ1) is 12.8. The Hall–Kier alpha value is -1.66. The predicted molar refractivity (Wildman–Crippen MR) is 67.2 cm³/mol. The smallest absolute Gasteiger partial charge is 0.274 e. The Labute approximate surface area is 106 Å². The first-order valence-electron chi connectivity index (χ1n) is 6.09. The summed E-state index contributed by atoms with van der Waals surface area (Å²) in [4.78, 5) is 28.2. The summed E-state index contributed by atoms with van der Waals surface area (Å²) in [5.41, 5.74) is 0.400. The van der Waals surface area contributed by atoms with Crippen molar-refractivity contribution in [2.24, 2.45) is 0 Å². The number of hydrogen-bond acceptors (Lipinski definition) is 4. The summed E-state index contributed by atoms with van der Waals surface area (Å²) in [7, 11) is 0. The second-order valence-corrected chi connectivity index (χ2v) is 4.48. The number of aromatic nitrogens is 1. The molecule has 6 heteroatoms. The van der Waals surface area contributed by atoms with E-state index in [4.69, 9.17) is 0 Å². The minimum Gasteiger partial charge on any atom is -0.357 e. The second kappa shape index (κ2) is 5.79. The van der Waals surface area contributed by atoms with E-state index in [0.29, 0.717) is 11.7 Å². The van der Waals surface area contributed by atoms with E-state index in [1.807, 2.05) is 0 Å². The standard InChI is InChI=1S/C12H18N4O2/c1-9-7-13-5-6-16(9)8-11(17)15-12(18)10-3-2-4-14-10/h2-4,9,13-14H,5-8H2,1H3,(H,15,17,18)/t9-/m0/s1. The van der Waals surface area contributed by atoms with Gasteiger partial charge in [0.1, 0.15) is 5.69 Å². The summed E-state index contributed by atoms with van der Waals surface area (Å²) < 4.78 is 0. The molecule has 0 spiro atoms. The largest absolute Gasteiger partial charge is 0.357 e. The molecule has 1 atom stereocenters. The van der Waals surface area contributed by atoms with Crippen LogP contribution in [0.15, 0.2) is 18.3 Å². The van der Waals surface area contributed by atoms with Gasteiger partial charge in [0.25, 0.3) is 5.91 Å². The summed E-state index contributed by atoms with van der Waals surface area (Å²) in [5.74, 6) is -0.642. The fraction of sp³-hybridized carbons (Fsp3) is 0.500. The van der Waals surface area contributed by atoms with Crippen LogP contribution >= 0.6 is 0 Å². The molecule has 98 valence electrons. The lowest BCUT2D eigenvalue weighted by atomic mass is 10.2. The molecule has 1 aromatic heterocycles. The highest BCUT2D eigenvalue weighted by molar-refractivity contribution is 6.04. The number of carbonyl (C=O) groups is 2. The average Bonchev–Trinajstić information content (AvgIpc) is 2.85. The Morgan fingerprint density at radius 3 is 3.06 bits per heavy atom. The van der Waals surface area contributed by atoms with Gasteiger partial charge in [-0.3, -0.25) is 19.8 Å². The average molecular weight is 250 g/mol. The van der Waals surface area contributed by atoms with Crippen molar-refractivity contribution in [3.05, 3.63) is 24.0 Å². The molecule has 1 aliphatic heterocycles. The highest BCUT2D eigenvalue weighted by Crippen LogP contribution is 2.01. The van der Waals surface area contributed by atoms with Crippen LogP contribution in [-0.2, 0) is 4.79 Å². The predicted octanol–water partition coefficient (Wildman–Crippen LogP) is -0.435. The van der Waals surface area contributed by atoms with Gasteiger partial charge >= 0.3 is 0 Å². The molecule has 1 aliphatic rings. The maximum Gasteiger partial charge on any atom is 0.274 e. The van der Waals surface area contributed by atoms with E-state index >= 15 is 0 Å². The molecular weight excluding hydrogens is 232 g/mol. The monoisotopic (exact) mass is 250 g/mol. The second-order valence-electron chi connectivity index (χ2n) is 4.48. The number of piperazine rings is 1. The number of nitrogens with zero attached hydrogens (tertiary/aromatic N) is 1. The Morgan fingerprint density at radius 1 is 1.56 bits per heavy atom. The fourth-order valence-corrected chi connectivity index (χ4v) is 2.01. The molecule has 18 heavy (non-hydrogen) atoms. The Bertz CT molecular complexity index is 416. The maximum absolute atomic E-state index is 11.8. The van der Waals surface area contributed by atoms with Gasteiger partial charge in [0.05, 0.1) is 6.54 Å². The molecular formula is C12H18N4O2. The summed E-state index contributed by atoms with van der Waals surface area (Å²) in [6.45, 7) is 4.90. The first-order valence-corrected chi connectivity index (χ1v) is 6.09. The third kappa shape index (κ3) is 3.18. The third-order valence-electron chi connectivity index (χ3n) is 3.08. The normalized spacial score (nSPS) is 20.6. The molecule has 0 aromatic carbocycles. The molecule has 1 saturated heterocycles. The molecule has 2 rings (SSSR count). The van der Waals surface area contributed by atoms with Gasteiger partial charge in [0, 0.05) is 31.9 Å². The minimum absolute atomic E-state index is 0.259.